The first-order chi connectivity index (χ1) is 13.5. The molecule has 28 heavy (non-hydrogen) atoms. The molecule has 0 aliphatic carbocycles. The molecular weight excluding hydrogens is 366 g/mol. The summed E-state index contributed by atoms with van der Waals surface area (Å²) in [6.45, 7) is 0.192. The fourth-order valence-electron chi connectivity index (χ4n) is 2.34. The normalized spacial score (nSPS) is 10.0. The van der Waals surface area contributed by atoms with Gasteiger partial charge in [-0.25, -0.2) is 10.2 Å². The number of carbonyl (C=O) groups is 2. The zero-order valence-corrected chi connectivity index (χ0v) is 15.3. The van der Waals surface area contributed by atoms with Gasteiger partial charge in [-0.05, 0) is 49.1 Å². The van der Waals surface area contributed by atoms with Crippen LogP contribution in [0.1, 0.15) is 28.8 Å². The van der Waals surface area contributed by atoms with Gasteiger partial charge < -0.3 is 9.47 Å². The number of hydrogen-bond donors (Lipinski definition) is 2. The second-order valence-corrected chi connectivity index (χ2v) is 5.82. The number of rotatable bonds is 8. The Labute approximate surface area is 161 Å². The number of benzene rings is 2. The molecule has 0 spiro atoms. The van der Waals surface area contributed by atoms with Crippen molar-refractivity contribution in [3.8, 4) is 5.75 Å². The average Bonchev–Trinajstić information content (AvgIpc) is 2.72. The van der Waals surface area contributed by atoms with Crippen molar-refractivity contribution < 1.29 is 24.0 Å². The Balaban J connectivity index is 1.60. The number of nitrogens with zero attached hydrogens (tertiary/aromatic N) is 1. The number of non-ortho nitro benzene ring substituents is 1. The summed E-state index contributed by atoms with van der Waals surface area (Å²) in [5.41, 5.74) is 5.83. The molecule has 0 heterocycles. The number of hydrogen-bond acceptors (Lipinski definition) is 6. The zero-order valence-electron chi connectivity index (χ0n) is 15.3. The second kappa shape index (κ2) is 10.5. The van der Waals surface area contributed by atoms with E-state index in [-0.39, 0.29) is 12.3 Å². The van der Waals surface area contributed by atoms with Crippen LogP contribution in [-0.2, 0) is 11.2 Å². The van der Waals surface area contributed by atoms with Gasteiger partial charge in [0.25, 0.3) is 11.6 Å². The summed E-state index contributed by atoms with van der Waals surface area (Å²) in [4.78, 5) is 33.6. The Morgan fingerprint density at radius 3 is 2.29 bits per heavy atom. The smallest absolute Gasteiger partial charge is 0.426 e. The summed E-state index contributed by atoms with van der Waals surface area (Å²) < 4.78 is 9.98. The highest BCUT2D eigenvalue weighted by Crippen LogP contribution is 2.13. The van der Waals surface area contributed by atoms with Gasteiger partial charge >= 0.3 is 6.09 Å². The lowest BCUT2D eigenvalue weighted by Crippen LogP contribution is -2.42. The molecule has 0 fully saturated rings. The molecule has 9 heteroatoms. The quantitative estimate of drug-likeness (QED) is 0.408. The Kier molecular flexibility index (Phi) is 7.77. The first-order valence-corrected chi connectivity index (χ1v) is 8.60. The van der Waals surface area contributed by atoms with Gasteiger partial charge in [-0.3, -0.25) is 20.3 Å². The lowest BCUT2D eigenvalue weighted by Gasteiger charge is -2.09. The van der Waals surface area contributed by atoms with Gasteiger partial charge in [-0.1, -0.05) is 12.1 Å². The molecule has 2 amide bonds. The molecule has 0 radical (unpaired) electrons. The summed E-state index contributed by atoms with van der Waals surface area (Å²) in [5, 5.41) is 10.6. The minimum Gasteiger partial charge on any atom is -0.497 e. The van der Waals surface area contributed by atoms with Crippen LogP contribution in [0.25, 0.3) is 0 Å². The number of methoxy groups -OCH3 is 1. The molecule has 0 aromatic heterocycles. The molecule has 2 aromatic rings. The first-order valence-electron chi connectivity index (χ1n) is 8.60. The largest absolute Gasteiger partial charge is 0.497 e. The molecule has 0 bridgehead atoms. The average molecular weight is 387 g/mol. The number of aryl methyl sites for hydroxylation is 1. The molecule has 0 atom stereocenters. The Morgan fingerprint density at radius 1 is 1.00 bits per heavy atom. The standard InChI is InChI=1S/C19H21N3O6/c1-27-17-11-7-15(8-12-17)18(23)20-21-19(24)28-13-3-2-4-14-5-9-16(10-6-14)22(25)26/h5-12H,2-4,13H2,1H3,(H,20,23)(H,21,24). The van der Waals surface area contributed by atoms with Crippen molar-refractivity contribution in [2.75, 3.05) is 13.7 Å². The highest BCUT2D eigenvalue weighted by molar-refractivity contribution is 5.95. The summed E-state index contributed by atoms with van der Waals surface area (Å²) in [7, 11) is 1.53. The van der Waals surface area contributed by atoms with Crippen molar-refractivity contribution in [2.45, 2.75) is 19.3 Å². The predicted octanol–water partition coefficient (Wildman–Crippen LogP) is 3.00. The number of nitrogens with one attached hydrogen (secondary N) is 2. The highest BCUT2D eigenvalue weighted by atomic mass is 16.6. The van der Waals surface area contributed by atoms with Gasteiger partial charge in [0.05, 0.1) is 18.6 Å². The van der Waals surface area contributed by atoms with Crippen LogP contribution >= 0.6 is 0 Å². The van der Waals surface area contributed by atoms with E-state index in [1.54, 1.807) is 36.4 Å². The lowest BCUT2D eigenvalue weighted by molar-refractivity contribution is -0.384. The maximum absolute atomic E-state index is 11.9. The van der Waals surface area contributed by atoms with E-state index in [0.717, 1.165) is 18.4 Å². The summed E-state index contributed by atoms with van der Waals surface area (Å²) in [6.07, 6.45) is 1.34. The maximum Gasteiger partial charge on any atom is 0.426 e. The Bertz CT molecular complexity index is 805. The van der Waals surface area contributed by atoms with Crippen LogP contribution in [0.4, 0.5) is 10.5 Å². The number of hydrazine groups is 1. The molecule has 2 rings (SSSR count). The molecule has 0 unspecified atom stereocenters. The summed E-state index contributed by atoms with van der Waals surface area (Å²) in [6, 6.07) is 12.8. The Morgan fingerprint density at radius 2 is 1.68 bits per heavy atom. The summed E-state index contributed by atoms with van der Waals surface area (Å²) in [5.74, 6) is 0.149. The molecule has 0 aliphatic rings. The topological polar surface area (TPSA) is 120 Å². The minimum atomic E-state index is -0.753. The van der Waals surface area contributed by atoms with Crippen molar-refractivity contribution in [2.24, 2.45) is 0 Å². The molecule has 2 N–H and O–H groups in total. The van der Waals surface area contributed by atoms with Gasteiger partial charge in [-0.15, -0.1) is 0 Å². The van der Waals surface area contributed by atoms with Crippen molar-refractivity contribution >= 4 is 17.7 Å². The zero-order chi connectivity index (χ0) is 20.4. The molecule has 0 saturated heterocycles. The van der Waals surface area contributed by atoms with E-state index in [4.69, 9.17) is 9.47 Å². The van der Waals surface area contributed by atoms with Gasteiger partial charge in [-0.2, -0.15) is 0 Å². The second-order valence-electron chi connectivity index (χ2n) is 5.82. The van der Waals surface area contributed by atoms with Crippen LogP contribution in [0.15, 0.2) is 48.5 Å². The maximum atomic E-state index is 11.9. The van der Waals surface area contributed by atoms with E-state index in [0.29, 0.717) is 17.7 Å². The van der Waals surface area contributed by atoms with Crippen LogP contribution < -0.4 is 15.6 Å². The van der Waals surface area contributed by atoms with Gasteiger partial charge in [0.2, 0.25) is 0 Å². The van der Waals surface area contributed by atoms with Crippen molar-refractivity contribution in [1.82, 2.24) is 10.9 Å². The van der Waals surface area contributed by atoms with E-state index in [9.17, 15) is 19.7 Å². The number of nitro benzene ring substituents is 1. The molecule has 9 nitrogen and oxygen atoms in total. The third-order valence-electron chi connectivity index (χ3n) is 3.87. The monoisotopic (exact) mass is 387 g/mol. The molecule has 148 valence electrons. The number of ether oxygens (including phenoxy) is 2. The van der Waals surface area contributed by atoms with E-state index in [2.05, 4.69) is 10.9 Å². The molecule has 0 saturated carbocycles. The Hall–Kier alpha value is -3.62. The minimum absolute atomic E-state index is 0.0560. The van der Waals surface area contributed by atoms with Crippen molar-refractivity contribution in [3.05, 3.63) is 69.8 Å². The summed E-state index contributed by atoms with van der Waals surface area (Å²) >= 11 is 0. The SMILES string of the molecule is COc1ccc(C(=O)NNC(=O)OCCCCc2ccc([N+](=O)[O-])cc2)cc1. The fraction of sp³-hybridized carbons (Fsp3) is 0.263. The van der Waals surface area contributed by atoms with Crippen molar-refractivity contribution in [1.29, 1.82) is 0 Å². The third kappa shape index (κ3) is 6.60. The number of carbonyl (C=O) groups excluding carboxylic acids is 2. The van der Waals surface area contributed by atoms with Gasteiger partial charge in [0.1, 0.15) is 5.75 Å². The van der Waals surface area contributed by atoms with Crippen LogP contribution in [-0.4, -0.2) is 30.6 Å². The van der Waals surface area contributed by atoms with Crippen LogP contribution in [0.2, 0.25) is 0 Å². The van der Waals surface area contributed by atoms with Gasteiger partial charge in [0, 0.05) is 17.7 Å². The number of amides is 2. The third-order valence-corrected chi connectivity index (χ3v) is 3.87. The lowest BCUT2D eigenvalue weighted by atomic mass is 10.1. The molecule has 2 aromatic carbocycles. The van der Waals surface area contributed by atoms with E-state index < -0.39 is 16.9 Å². The number of nitro groups is 1. The fourth-order valence-corrected chi connectivity index (χ4v) is 2.34. The van der Waals surface area contributed by atoms with Gasteiger partial charge in [0.15, 0.2) is 0 Å². The molecule has 0 aliphatic heterocycles. The van der Waals surface area contributed by atoms with Crippen LogP contribution in [0.5, 0.6) is 5.75 Å². The molecular formula is C19H21N3O6. The van der Waals surface area contributed by atoms with Crippen LogP contribution in [0, 0.1) is 10.1 Å². The predicted molar refractivity (Wildman–Crippen MR) is 101 cm³/mol. The van der Waals surface area contributed by atoms with E-state index in [1.807, 2.05) is 0 Å². The van der Waals surface area contributed by atoms with Crippen molar-refractivity contribution in [3.63, 3.8) is 0 Å². The van der Waals surface area contributed by atoms with E-state index in [1.165, 1.54) is 19.2 Å². The number of unbranched alkanes of at least 4 members (excludes halogenated alkanes) is 1. The van der Waals surface area contributed by atoms with E-state index >= 15 is 0 Å². The van der Waals surface area contributed by atoms with Crippen LogP contribution in [0.3, 0.4) is 0 Å². The highest BCUT2D eigenvalue weighted by Gasteiger charge is 2.08. The first kappa shape index (κ1) is 20.7.